The number of benzene rings is 2. The Morgan fingerprint density at radius 2 is 2.06 bits per heavy atom. The third-order valence-corrected chi connectivity index (χ3v) is 7.41. The summed E-state index contributed by atoms with van der Waals surface area (Å²) < 4.78 is 15.6. The minimum Gasteiger partial charge on any atom is -0.363 e. The molecule has 0 bridgehead atoms. The summed E-state index contributed by atoms with van der Waals surface area (Å²) in [7, 11) is 1.80. The lowest BCUT2D eigenvalue weighted by Crippen LogP contribution is -2.33. The van der Waals surface area contributed by atoms with Gasteiger partial charge in [-0.3, -0.25) is 4.79 Å². The number of piperidine rings is 1. The van der Waals surface area contributed by atoms with E-state index in [0.717, 1.165) is 53.6 Å². The molecule has 2 aliphatic heterocycles. The van der Waals surface area contributed by atoms with Crippen LogP contribution in [0.1, 0.15) is 68.1 Å². The van der Waals surface area contributed by atoms with Crippen molar-refractivity contribution in [1.29, 1.82) is 0 Å². The van der Waals surface area contributed by atoms with Crippen molar-refractivity contribution in [2.45, 2.75) is 57.9 Å². The minimum atomic E-state index is -0.602. The Balaban J connectivity index is 1.53. The van der Waals surface area contributed by atoms with E-state index in [4.69, 9.17) is 0 Å². The topological polar surface area (TPSA) is 70.1 Å². The molecule has 1 amide bonds. The Morgan fingerprint density at radius 1 is 1.26 bits per heavy atom. The lowest BCUT2D eigenvalue weighted by atomic mass is 9.85. The number of aryl methyl sites for hydroxylation is 1. The molecule has 0 aliphatic carbocycles. The highest BCUT2D eigenvalue weighted by atomic mass is 19.1. The van der Waals surface area contributed by atoms with Crippen molar-refractivity contribution in [2.24, 2.45) is 0 Å². The molecule has 34 heavy (non-hydrogen) atoms. The van der Waals surface area contributed by atoms with Crippen LogP contribution < -0.4 is 15.5 Å². The number of fused-ring (bicyclic) bond motifs is 2. The quantitative estimate of drug-likeness (QED) is 0.574. The number of likely N-dealkylation sites (N-methyl/N-ethyl adjacent to an activating group) is 1. The average Bonchev–Trinajstić information content (AvgIpc) is 2.98. The second-order valence-electron chi connectivity index (χ2n) is 10.2. The summed E-state index contributed by atoms with van der Waals surface area (Å²) in [5.74, 6) is 1.38. The third-order valence-electron chi connectivity index (χ3n) is 7.41. The van der Waals surface area contributed by atoms with Gasteiger partial charge in [0.25, 0.3) is 0 Å². The number of aromatic nitrogens is 2. The van der Waals surface area contributed by atoms with Gasteiger partial charge in [-0.25, -0.2) is 14.4 Å². The number of rotatable bonds is 4. The zero-order chi connectivity index (χ0) is 24.2. The Morgan fingerprint density at radius 3 is 2.79 bits per heavy atom. The van der Waals surface area contributed by atoms with Gasteiger partial charge in [0, 0.05) is 30.2 Å². The van der Waals surface area contributed by atoms with Crippen LogP contribution in [0.4, 0.5) is 15.9 Å². The molecule has 6 nitrogen and oxygen atoms in total. The molecule has 5 rings (SSSR count). The van der Waals surface area contributed by atoms with Crippen molar-refractivity contribution in [2.75, 3.05) is 30.4 Å². The molecule has 2 N–H and O–H groups in total. The minimum absolute atomic E-state index is 0.0569. The molecular weight excluding hydrogens is 429 g/mol. The van der Waals surface area contributed by atoms with Crippen LogP contribution in [-0.4, -0.2) is 36.0 Å². The highest BCUT2D eigenvalue weighted by Crippen LogP contribution is 2.43. The van der Waals surface area contributed by atoms with Gasteiger partial charge in [0.1, 0.15) is 17.5 Å². The van der Waals surface area contributed by atoms with Crippen LogP contribution in [-0.2, 0) is 10.2 Å². The van der Waals surface area contributed by atoms with Crippen molar-refractivity contribution in [3.05, 3.63) is 58.7 Å². The van der Waals surface area contributed by atoms with E-state index in [1.54, 1.807) is 11.9 Å². The van der Waals surface area contributed by atoms with Crippen LogP contribution in [0.25, 0.3) is 10.9 Å². The average molecular weight is 462 g/mol. The highest BCUT2D eigenvalue weighted by molar-refractivity contribution is 6.10. The summed E-state index contributed by atoms with van der Waals surface area (Å²) in [5.41, 5.74) is 3.41. The molecule has 178 valence electrons. The summed E-state index contributed by atoms with van der Waals surface area (Å²) >= 11 is 0. The SMILES string of the molecule is Cc1nc(N[C@H](C)c2cccc([C@@H]3CCCNC3)c2F)c2cc3c(cc2n1)C(C)(C)C(=O)N3C. The number of carbonyl (C=O) groups is 1. The van der Waals surface area contributed by atoms with Gasteiger partial charge in [0.05, 0.1) is 17.0 Å². The highest BCUT2D eigenvalue weighted by Gasteiger charge is 2.42. The monoisotopic (exact) mass is 461 g/mol. The molecule has 0 radical (unpaired) electrons. The van der Waals surface area contributed by atoms with Gasteiger partial charge in [0.2, 0.25) is 5.91 Å². The van der Waals surface area contributed by atoms with Crippen LogP contribution in [0.5, 0.6) is 0 Å². The van der Waals surface area contributed by atoms with Gasteiger partial charge < -0.3 is 15.5 Å². The molecular formula is C27H32FN5O. The lowest BCUT2D eigenvalue weighted by Gasteiger charge is -2.25. The van der Waals surface area contributed by atoms with E-state index in [1.165, 1.54) is 0 Å². The van der Waals surface area contributed by atoms with E-state index in [-0.39, 0.29) is 23.7 Å². The first kappa shape index (κ1) is 22.7. The lowest BCUT2D eigenvalue weighted by molar-refractivity contribution is -0.121. The number of nitrogens with one attached hydrogen (secondary N) is 2. The normalized spacial score (nSPS) is 20.5. The number of nitrogens with zero attached hydrogens (tertiary/aromatic N) is 3. The molecule has 2 aliphatic rings. The number of anilines is 2. The van der Waals surface area contributed by atoms with Gasteiger partial charge >= 0.3 is 0 Å². The molecule has 1 fully saturated rings. The molecule has 7 heteroatoms. The molecule has 1 aromatic heterocycles. The number of carbonyl (C=O) groups excluding carboxylic acids is 1. The van der Waals surface area contributed by atoms with Gasteiger partial charge in [-0.2, -0.15) is 0 Å². The molecule has 1 saturated heterocycles. The van der Waals surface area contributed by atoms with Crippen LogP contribution in [0.15, 0.2) is 30.3 Å². The van der Waals surface area contributed by atoms with E-state index in [2.05, 4.69) is 20.6 Å². The number of halogens is 1. The number of hydrogen-bond donors (Lipinski definition) is 2. The summed E-state index contributed by atoms with van der Waals surface area (Å²) in [6.07, 6.45) is 2.06. The first-order chi connectivity index (χ1) is 16.2. The van der Waals surface area contributed by atoms with Crippen LogP contribution >= 0.6 is 0 Å². The smallest absolute Gasteiger partial charge is 0.236 e. The molecule has 0 spiro atoms. The summed E-state index contributed by atoms with van der Waals surface area (Å²) in [6, 6.07) is 9.37. The summed E-state index contributed by atoms with van der Waals surface area (Å²) in [6.45, 7) is 9.49. The zero-order valence-corrected chi connectivity index (χ0v) is 20.5. The fraction of sp³-hybridized carbons (Fsp3) is 0.444. The van der Waals surface area contributed by atoms with Gasteiger partial charge in [-0.05, 0) is 76.3 Å². The Hall–Kier alpha value is -3.06. The fourth-order valence-corrected chi connectivity index (χ4v) is 5.43. The van der Waals surface area contributed by atoms with Crippen molar-refractivity contribution in [1.82, 2.24) is 15.3 Å². The maximum Gasteiger partial charge on any atom is 0.236 e. The predicted molar refractivity (Wildman–Crippen MR) is 134 cm³/mol. The Kier molecular flexibility index (Phi) is 5.55. The molecule has 0 saturated carbocycles. The van der Waals surface area contributed by atoms with E-state index in [9.17, 15) is 4.79 Å². The molecule has 2 atom stereocenters. The first-order valence-electron chi connectivity index (χ1n) is 12.0. The maximum absolute atomic E-state index is 15.6. The fourth-order valence-electron chi connectivity index (χ4n) is 5.43. The van der Waals surface area contributed by atoms with Gasteiger partial charge in [-0.1, -0.05) is 18.2 Å². The van der Waals surface area contributed by atoms with Crippen molar-refractivity contribution in [3.63, 3.8) is 0 Å². The Bertz CT molecular complexity index is 1280. The second-order valence-corrected chi connectivity index (χ2v) is 10.2. The van der Waals surface area contributed by atoms with E-state index in [0.29, 0.717) is 17.2 Å². The van der Waals surface area contributed by atoms with Gasteiger partial charge in [-0.15, -0.1) is 0 Å². The zero-order valence-electron chi connectivity index (χ0n) is 20.5. The molecule has 3 aromatic rings. The maximum atomic E-state index is 15.6. The molecule has 3 heterocycles. The standard InChI is InChI=1S/C27H32FN5O/c1-15(18-9-6-10-19(24(18)28)17-8-7-11-29-14-17)30-25-20-12-23-21(13-22(20)31-16(2)32-25)27(3,4)26(34)33(23)5/h6,9-10,12-13,15,17,29H,7-8,11,14H2,1-5H3,(H,30,31,32)/t15-,17-/m1/s1. The van der Waals surface area contributed by atoms with Crippen molar-refractivity contribution in [3.8, 4) is 0 Å². The van der Waals surface area contributed by atoms with Crippen molar-refractivity contribution < 1.29 is 9.18 Å². The largest absolute Gasteiger partial charge is 0.363 e. The summed E-state index contributed by atoms with van der Waals surface area (Å²) in [4.78, 5) is 23.8. The molecule has 0 unspecified atom stereocenters. The first-order valence-corrected chi connectivity index (χ1v) is 12.0. The van der Waals surface area contributed by atoms with Crippen LogP contribution in [0.2, 0.25) is 0 Å². The second kappa shape index (κ2) is 8.31. The van der Waals surface area contributed by atoms with Gasteiger partial charge in [0.15, 0.2) is 0 Å². The van der Waals surface area contributed by atoms with E-state index >= 15 is 4.39 Å². The Labute approximate surface area is 200 Å². The van der Waals surface area contributed by atoms with Crippen molar-refractivity contribution >= 4 is 28.3 Å². The number of hydrogen-bond acceptors (Lipinski definition) is 5. The van der Waals surface area contributed by atoms with E-state index < -0.39 is 5.41 Å². The predicted octanol–water partition coefficient (Wildman–Crippen LogP) is 4.97. The number of amides is 1. The van der Waals surface area contributed by atoms with E-state index in [1.807, 2.05) is 58.0 Å². The van der Waals surface area contributed by atoms with Crippen LogP contribution in [0.3, 0.4) is 0 Å². The summed E-state index contributed by atoms with van der Waals surface area (Å²) in [5, 5.41) is 7.64. The molecule has 2 aromatic carbocycles. The third kappa shape index (κ3) is 3.63. The van der Waals surface area contributed by atoms with Crippen LogP contribution in [0, 0.1) is 12.7 Å².